The molecule has 2 amide bonds. The van der Waals surface area contributed by atoms with E-state index < -0.39 is 6.04 Å². The summed E-state index contributed by atoms with van der Waals surface area (Å²) in [5.41, 5.74) is 1.68. The van der Waals surface area contributed by atoms with Crippen LogP contribution >= 0.6 is 0 Å². The van der Waals surface area contributed by atoms with Gasteiger partial charge in [0.1, 0.15) is 11.8 Å². The van der Waals surface area contributed by atoms with Crippen LogP contribution in [0.2, 0.25) is 0 Å². The minimum atomic E-state index is -0.607. The summed E-state index contributed by atoms with van der Waals surface area (Å²) in [6, 6.07) is 16.7. The van der Waals surface area contributed by atoms with E-state index in [1.807, 2.05) is 32.0 Å². The average molecular weight is 412 g/mol. The van der Waals surface area contributed by atoms with Crippen LogP contribution in [-0.4, -0.2) is 50.0 Å². The largest absolute Gasteiger partial charge is 0.496 e. The van der Waals surface area contributed by atoms with Crippen LogP contribution in [0.5, 0.6) is 5.75 Å². The van der Waals surface area contributed by atoms with E-state index in [-0.39, 0.29) is 17.7 Å². The van der Waals surface area contributed by atoms with Crippen LogP contribution in [0.3, 0.4) is 0 Å². The van der Waals surface area contributed by atoms with Crippen molar-refractivity contribution < 1.29 is 14.3 Å². The van der Waals surface area contributed by atoms with Crippen molar-refractivity contribution in [3.63, 3.8) is 0 Å². The number of hydrogen-bond acceptors (Lipinski definition) is 4. The summed E-state index contributed by atoms with van der Waals surface area (Å²) in [5, 5.41) is 5.81. The number of carbonyl (C=O) groups is 2. The van der Waals surface area contributed by atoms with Crippen molar-refractivity contribution in [2.75, 3.05) is 27.2 Å². The van der Waals surface area contributed by atoms with Gasteiger partial charge < -0.3 is 20.3 Å². The summed E-state index contributed by atoms with van der Waals surface area (Å²) < 4.78 is 5.25. The molecule has 0 saturated carbocycles. The van der Waals surface area contributed by atoms with Crippen LogP contribution in [0.4, 0.5) is 0 Å². The molecule has 2 aromatic rings. The monoisotopic (exact) mass is 411 g/mol. The van der Waals surface area contributed by atoms with Crippen LogP contribution < -0.4 is 15.4 Å². The van der Waals surface area contributed by atoms with Crippen molar-refractivity contribution in [3.8, 4) is 5.75 Å². The van der Waals surface area contributed by atoms with Crippen molar-refractivity contribution in [1.82, 2.24) is 15.5 Å². The number of nitrogens with zero attached hydrogens (tertiary/aromatic N) is 1. The highest BCUT2D eigenvalue weighted by Gasteiger charge is 2.25. The minimum Gasteiger partial charge on any atom is -0.496 e. The topological polar surface area (TPSA) is 70.7 Å². The Kier molecular flexibility index (Phi) is 9.35. The molecule has 1 unspecified atom stereocenters. The fourth-order valence-electron chi connectivity index (χ4n) is 3.23. The second kappa shape index (κ2) is 12.0. The second-order valence-corrected chi connectivity index (χ2v) is 7.76. The van der Waals surface area contributed by atoms with Gasteiger partial charge in [0.15, 0.2) is 0 Å². The van der Waals surface area contributed by atoms with Crippen molar-refractivity contribution in [1.29, 1.82) is 0 Å². The van der Waals surface area contributed by atoms with Gasteiger partial charge in [0.2, 0.25) is 5.91 Å². The van der Waals surface area contributed by atoms with Gasteiger partial charge in [-0.05, 0) is 43.6 Å². The van der Waals surface area contributed by atoms with E-state index in [1.165, 1.54) is 12.7 Å². The van der Waals surface area contributed by atoms with Crippen molar-refractivity contribution in [2.45, 2.75) is 32.9 Å². The molecule has 1 atom stereocenters. The van der Waals surface area contributed by atoms with E-state index in [4.69, 9.17) is 4.74 Å². The van der Waals surface area contributed by atoms with E-state index in [0.717, 1.165) is 19.5 Å². The number of amides is 2. The Balaban J connectivity index is 1.81. The third-order valence-electron chi connectivity index (χ3n) is 4.90. The Morgan fingerprint density at radius 3 is 2.37 bits per heavy atom. The molecule has 0 spiro atoms. The maximum absolute atomic E-state index is 12.7. The molecule has 2 rings (SSSR count). The van der Waals surface area contributed by atoms with Gasteiger partial charge in [-0.2, -0.15) is 0 Å². The molecule has 0 aliphatic rings. The van der Waals surface area contributed by atoms with Gasteiger partial charge in [0.25, 0.3) is 5.91 Å². The molecule has 0 saturated heterocycles. The summed E-state index contributed by atoms with van der Waals surface area (Å²) in [5.74, 6) is -0.0355. The van der Waals surface area contributed by atoms with Gasteiger partial charge in [-0.3, -0.25) is 9.59 Å². The molecular formula is C24H33N3O3. The summed E-state index contributed by atoms with van der Waals surface area (Å²) >= 11 is 0. The lowest BCUT2D eigenvalue weighted by Crippen LogP contribution is -2.50. The van der Waals surface area contributed by atoms with Crippen molar-refractivity contribution >= 4 is 11.8 Å². The number of rotatable bonds is 11. The zero-order chi connectivity index (χ0) is 21.9. The quantitative estimate of drug-likeness (QED) is 0.558. The number of para-hydroxylation sites is 1. The molecule has 0 heterocycles. The number of ether oxygens (including phenoxy) is 1. The highest BCUT2D eigenvalue weighted by atomic mass is 16.5. The number of carbonyl (C=O) groups excluding carboxylic acids is 2. The molecule has 30 heavy (non-hydrogen) atoms. The van der Waals surface area contributed by atoms with Crippen molar-refractivity contribution in [2.24, 2.45) is 5.92 Å². The molecule has 0 aromatic heterocycles. The van der Waals surface area contributed by atoms with Gasteiger partial charge in [-0.15, -0.1) is 0 Å². The third kappa shape index (κ3) is 7.19. The fourth-order valence-corrected chi connectivity index (χ4v) is 3.23. The minimum absolute atomic E-state index is 0.0376. The molecule has 0 fully saturated rings. The molecule has 6 nitrogen and oxygen atoms in total. The summed E-state index contributed by atoms with van der Waals surface area (Å²) in [6.07, 6.45) is 0.834. The normalized spacial score (nSPS) is 11.9. The lowest BCUT2D eigenvalue weighted by atomic mass is 10.0. The SMILES string of the molecule is COc1ccccc1C(=O)NC(C(=O)NCCCN(C)Cc1ccccc1)C(C)C. The van der Waals surface area contributed by atoms with Gasteiger partial charge >= 0.3 is 0 Å². The Hall–Kier alpha value is -2.86. The number of benzene rings is 2. The highest BCUT2D eigenvalue weighted by Crippen LogP contribution is 2.17. The number of methoxy groups -OCH3 is 1. The fraction of sp³-hybridized carbons (Fsp3) is 0.417. The third-order valence-corrected chi connectivity index (χ3v) is 4.90. The van der Waals surface area contributed by atoms with Crippen LogP contribution in [0.25, 0.3) is 0 Å². The lowest BCUT2D eigenvalue weighted by molar-refractivity contribution is -0.123. The maximum atomic E-state index is 12.7. The summed E-state index contributed by atoms with van der Waals surface area (Å²) in [7, 11) is 3.59. The molecule has 0 aliphatic carbocycles. The average Bonchev–Trinajstić information content (AvgIpc) is 2.75. The standard InChI is InChI=1S/C24H33N3O3/c1-18(2)22(26-23(28)20-13-8-9-14-21(20)30-4)24(29)25-15-10-16-27(3)17-19-11-6-5-7-12-19/h5-9,11-14,18,22H,10,15-17H2,1-4H3,(H,25,29)(H,26,28). The summed E-state index contributed by atoms with van der Waals surface area (Å²) in [6.45, 7) is 6.14. The smallest absolute Gasteiger partial charge is 0.255 e. The predicted molar refractivity (Wildman–Crippen MR) is 119 cm³/mol. The van der Waals surface area contributed by atoms with Gasteiger partial charge in [-0.25, -0.2) is 0 Å². The Labute approximate surface area is 179 Å². The molecule has 0 aliphatic heterocycles. The molecule has 2 N–H and O–H groups in total. The molecule has 0 bridgehead atoms. The molecular weight excluding hydrogens is 378 g/mol. The zero-order valence-electron chi connectivity index (χ0n) is 18.4. The van der Waals surface area contributed by atoms with E-state index in [0.29, 0.717) is 17.9 Å². The Morgan fingerprint density at radius 1 is 1.03 bits per heavy atom. The van der Waals surface area contributed by atoms with Crippen LogP contribution in [-0.2, 0) is 11.3 Å². The summed E-state index contributed by atoms with van der Waals surface area (Å²) in [4.78, 5) is 27.6. The first kappa shape index (κ1) is 23.4. The molecule has 0 radical (unpaired) electrons. The van der Waals surface area contributed by atoms with Crippen LogP contribution in [0.1, 0.15) is 36.2 Å². The number of nitrogens with one attached hydrogen (secondary N) is 2. The second-order valence-electron chi connectivity index (χ2n) is 7.76. The highest BCUT2D eigenvalue weighted by molar-refractivity contribution is 5.99. The van der Waals surface area contributed by atoms with Gasteiger partial charge in [-0.1, -0.05) is 56.3 Å². The van der Waals surface area contributed by atoms with Crippen LogP contribution in [0.15, 0.2) is 54.6 Å². The van der Waals surface area contributed by atoms with Gasteiger partial charge in [0, 0.05) is 13.1 Å². The Morgan fingerprint density at radius 2 is 1.70 bits per heavy atom. The first-order valence-electron chi connectivity index (χ1n) is 10.4. The predicted octanol–water partition coefficient (Wildman–Crippen LogP) is 3.09. The van der Waals surface area contributed by atoms with Gasteiger partial charge in [0.05, 0.1) is 12.7 Å². The van der Waals surface area contributed by atoms with E-state index in [1.54, 1.807) is 24.3 Å². The maximum Gasteiger partial charge on any atom is 0.255 e. The first-order valence-corrected chi connectivity index (χ1v) is 10.4. The number of hydrogen-bond donors (Lipinski definition) is 2. The molecule has 162 valence electrons. The lowest BCUT2D eigenvalue weighted by Gasteiger charge is -2.23. The van der Waals surface area contributed by atoms with Crippen LogP contribution in [0, 0.1) is 5.92 Å². The Bertz CT molecular complexity index is 808. The molecule has 2 aromatic carbocycles. The van der Waals surface area contributed by atoms with E-state index in [2.05, 4.69) is 34.7 Å². The van der Waals surface area contributed by atoms with Crippen molar-refractivity contribution in [3.05, 3.63) is 65.7 Å². The van der Waals surface area contributed by atoms with E-state index in [9.17, 15) is 9.59 Å². The molecule has 6 heteroatoms. The zero-order valence-corrected chi connectivity index (χ0v) is 18.4. The first-order chi connectivity index (χ1) is 14.4. The van der Waals surface area contributed by atoms with E-state index >= 15 is 0 Å².